The minimum atomic E-state index is -1.80. The number of hydrogen-bond acceptors (Lipinski definition) is 15. The van der Waals surface area contributed by atoms with E-state index in [9.17, 15) is 50.8 Å². The first-order valence-electron chi connectivity index (χ1n) is 13.8. The summed E-state index contributed by atoms with van der Waals surface area (Å²) in [6.45, 7) is -0.0440. The Hall–Kier alpha value is -3.84. The average Bonchev–Trinajstić information content (AvgIpc) is 3.01. The van der Waals surface area contributed by atoms with Crippen LogP contribution in [0, 0.1) is 0 Å². The molecule has 2 aromatic carbocycles. The lowest BCUT2D eigenvalue weighted by Crippen LogP contribution is -2.60. The Bertz CT molecular complexity index is 1500. The first-order valence-corrected chi connectivity index (χ1v) is 13.8. The molecule has 3 aromatic rings. The fourth-order valence-corrected chi connectivity index (χ4v) is 4.94. The summed E-state index contributed by atoms with van der Waals surface area (Å²) in [4.78, 5) is 11.3. The number of carbonyl (C=O) groups is 1. The molecule has 0 amide bonds. The third-order valence-corrected chi connectivity index (χ3v) is 7.38. The molecule has 0 unspecified atom stereocenters. The Kier molecular flexibility index (Phi) is 9.59. The number of aliphatic hydroxyl groups excluding tert-OH is 7. The molecule has 2 aliphatic rings. The summed E-state index contributed by atoms with van der Waals surface area (Å²) < 4.78 is 33.8. The Labute approximate surface area is 254 Å². The fraction of sp³-hybridized carbons (Fsp3) is 0.448. The lowest BCUT2D eigenvalue weighted by atomic mass is 9.99. The number of benzene rings is 2. The van der Waals surface area contributed by atoms with Gasteiger partial charge in [-0.3, -0.25) is 4.79 Å². The summed E-state index contributed by atoms with van der Waals surface area (Å²) in [5.41, 5.74) is 0.338. The quantitative estimate of drug-likeness (QED) is 0.103. The van der Waals surface area contributed by atoms with Crippen LogP contribution in [0.25, 0.3) is 22.3 Å². The Morgan fingerprint density at radius 2 is 1.33 bits per heavy atom. The van der Waals surface area contributed by atoms with Crippen LogP contribution in [-0.4, -0.2) is 127 Å². The summed E-state index contributed by atoms with van der Waals surface area (Å²) in [6.07, 6.45) is -16.3. The molecule has 9 N–H and O–H groups in total. The molecule has 5 rings (SSSR count). The van der Waals surface area contributed by atoms with Crippen LogP contribution >= 0.6 is 0 Å². The second-order valence-corrected chi connectivity index (χ2v) is 10.6. The van der Waals surface area contributed by atoms with Crippen molar-refractivity contribution in [1.82, 2.24) is 0 Å². The molecule has 16 nitrogen and oxygen atoms in total. The second kappa shape index (κ2) is 13.3. The lowest BCUT2D eigenvalue weighted by molar-refractivity contribution is -0.278. The van der Waals surface area contributed by atoms with E-state index in [0.29, 0.717) is 5.56 Å². The fourth-order valence-electron chi connectivity index (χ4n) is 4.94. The molecule has 2 saturated heterocycles. The molecule has 0 radical (unpaired) electrons. The largest absolute Gasteiger partial charge is 0.508 e. The number of hydrogen-bond donors (Lipinski definition) is 9. The lowest BCUT2D eigenvalue weighted by Gasteiger charge is -2.39. The van der Waals surface area contributed by atoms with E-state index in [1.54, 1.807) is 0 Å². The summed E-state index contributed by atoms with van der Waals surface area (Å²) in [6, 6.07) is 9.36. The number of ether oxygens (including phenoxy) is 5. The van der Waals surface area contributed by atoms with Crippen molar-refractivity contribution in [1.29, 1.82) is 0 Å². The van der Waals surface area contributed by atoms with E-state index in [-0.39, 0.29) is 39.7 Å². The molecule has 2 fully saturated rings. The number of aliphatic hydroxyl groups is 7. The maximum atomic E-state index is 11.3. The molecular weight excluding hydrogens is 604 g/mol. The highest BCUT2D eigenvalue weighted by Crippen LogP contribution is 2.42. The van der Waals surface area contributed by atoms with Gasteiger partial charge in [-0.1, -0.05) is 0 Å². The number of rotatable bonds is 8. The van der Waals surface area contributed by atoms with Gasteiger partial charge >= 0.3 is 17.3 Å². The van der Waals surface area contributed by atoms with Crippen LogP contribution in [0.3, 0.4) is 0 Å². The number of fused-ring (bicyclic) bond motifs is 1. The molecule has 10 atom stereocenters. The second-order valence-electron chi connectivity index (χ2n) is 10.6. The zero-order valence-corrected chi connectivity index (χ0v) is 23.6. The van der Waals surface area contributed by atoms with Gasteiger partial charge in [0.25, 0.3) is 0 Å². The Morgan fingerprint density at radius 3 is 1.93 bits per heavy atom. The van der Waals surface area contributed by atoms with Gasteiger partial charge in [-0.25, -0.2) is 4.42 Å². The molecule has 45 heavy (non-hydrogen) atoms. The first-order chi connectivity index (χ1) is 21.4. The predicted molar refractivity (Wildman–Crippen MR) is 148 cm³/mol. The first kappa shape index (κ1) is 32.6. The van der Waals surface area contributed by atoms with Crippen molar-refractivity contribution in [3.05, 3.63) is 42.5 Å². The smallest absolute Gasteiger partial charge is 0.402 e. The number of carbonyl (C=O) groups excluding carboxylic acids is 1. The van der Waals surface area contributed by atoms with E-state index < -0.39 is 80.6 Å². The SMILES string of the molecule is CC(=O)OC[C@H]1O[C@@H](Oc2cc3c(O[C@@H]4O[C@H](CO)[C@@H](O)[C@H](O)[C@H]4O)cc(O)cc3[o+]c2-c2ccc(O)cc2)[C@H](O)[C@@H](O)[C@@H]1O. The normalized spacial score (nSPS) is 31.8. The van der Waals surface area contributed by atoms with Crippen molar-refractivity contribution < 1.29 is 78.9 Å². The zero-order chi connectivity index (χ0) is 32.6. The topological polar surface area (TPSA) is 257 Å². The molecule has 2 aliphatic heterocycles. The number of aromatic hydroxyl groups is 2. The van der Waals surface area contributed by atoms with Crippen LogP contribution in [0.1, 0.15) is 6.92 Å². The Balaban J connectivity index is 1.56. The third kappa shape index (κ3) is 6.74. The van der Waals surface area contributed by atoms with Gasteiger partial charge in [0.05, 0.1) is 18.2 Å². The molecule has 16 heteroatoms. The van der Waals surface area contributed by atoms with Crippen LogP contribution in [-0.2, 0) is 19.0 Å². The van der Waals surface area contributed by atoms with Gasteiger partial charge in [0, 0.05) is 19.1 Å². The zero-order valence-electron chi connectivity index (χ0n) is 23.6. The van der Waals surface area contributed by atoms with Crippen LogP contribution in [0.5, 0.6) is 23.0 Å². The Morgan fingerprint density at radius 1 is 0.756 bits per heavy atom. The van der Waals surface area contributed by atoms with Crippen LogP contribution in [0.15, 0.2) is 46.9 Å². The summed E-state index contributed by atoms with van der Waals surface area (Å²) in [5.74, 6) is -1.43. The van der Waals surface area contributed by atoms with Crippen molar-refractivity contribution >= 4 is 16.9 Å². The highest BCUT2D eigenvalue weighted by atomic mass is 16.7. The van der Waals surface area contributed by atoms with Gasteiger partial charge in [-0.2, -0.15) is 0 Å². The monoisotopic (exact) mass is 637 g/mol. The van der Waals surface area contributed by atoms with E-state index in [4.69, 9.17) is 28.1 Å². The number of esters is 1. The van der Waals surface area contributed by atoms with Crippen LogP contribution < -0.4 is 9.47 Å². The van der Waals surface area contributed by atoms with Crippen molar-refractivity contribution in [3.8, 4) is 34.3 Å². The maximum absolute atomic E-state index is 11.3. The third-order valence-electron chi connectivity index (χ3n) is 7.38. The highest BCUT2D eigenvalue weighted by Gasteiger charge is 2.47. The molecule has 0 saturated carbocycles. The van der Waals surface area contributed by atoms with E-state index >= 15 is 0 Å². The van der Waals surface area contributed by atoms with Crippen molar-refractivity contribution in [3.63, 3.8) is 0 Å². The van der Waals surface area contributed by atoms with Gasteiger partial charge < -0.3 is 69.6 Å². The van der Waals surface area contributed by atoms with Gasteiger partial charge in [-0.05, 0) is 24.3 Å². The average molecular weight is 638 g/mol. The molecule has 1 aromatic heterocycles. The molecule has 3 heterocycles. The van der Waals surface area contributed by atoms with Gasteiger partial charge in [-0.15, -0.1) is 0 Å². The highest BCUT2D eigenvalue weighted by molar-refractivity contribution is 5.88. The summed E-state index contributed by atoms with van der Waals surface area (Å²) in [5, 5.41) is 92.3. The van der Waals surface area contributed by atoms with Gasteiger partial charge in [0.15, 0.2) is 0 Å². The molecule has 0 aliphatic carbocycles. The standard InChI is InChI=1S/C29H32O16/c1-11(31)40-10-20-22(35)24(37)26(39)29(45-20)43-18-8-15-16(41-27(18)12-2-4-13(32)5-3-12)6-14(33)7-17(15)42-28-25(38)23(36)21(34)19(9-30)44-28/h2-8,19-26,28-30,34-39H,9-10H2,1H3,(H-,32,33)/p+1/t19-,20-,21-,22-,23+,24+,25-,26-,28-,29-/m1/s1. The van der Waals surface area contributed by atoms with E-state index in [1.807, 2.05) is 0 Å². The van der Waals surface area contributed by atoms with Gasteiger partial charge in [0.1, 0.15) is 78.1 Å². The minimum absolute atomic E-state index is 0.00156. The summed E-state index contributed by atoms with van der Waals surface area (Å²) >= 11 is 0. The van der Waals surface area contributed by atoms with E-state index in [2.05, 4.69) is 0 Å². The van der Waals surface area contributed by atoms with Crippen molar-refractivity contribution in [2.75, 3.05) is 13.2 Å². The minimum Gasteiger partial charge on any atom is -0.508 e. The van der Waals surface area contributed by atoms with Gasteiger partial charge in [0.2, 0.25) is 18.3 Å². The molecule has 0 bridgehead atoms. The van der Waals surface area contributed by atoms with E-state index in [1.165, 1.54) is 36.4 Å². The molecule has 244 valence electrons. The molecular formula is C29H33O16+. The number of phenolic OH excluding ortho intramolecular Hbond substituents is 2. The van der Waals surface area contributed by atoms with E-state index in [0.717, 1.165) is 13.0 Å². The maximum Gasteiger partial charge on any atom is 0.402 e. The van der Waals surface area contributed by atoms with Crippen molar-refractivity contribution in [2.24, 2.45) is 0 Å². The number of phenols is 2. The van der Waals surface area contributed by atoms with Crippen molar-refractivity contribution in [2.45, 2.75) is 68.3 Å². The molecule has 0 spiro atoms. The predicted octanol–water partition coefficient (Wildman–Crippen LogP) is -1.28. The summed E-state index contributed by atoms with van der Waals surface area (Å²) in [7, 11) is 0. The van der Waals surface area contributed by atoms with Crippen LogP contribution in [0.2, 0.25) is 0 Å². The van der Waals surface area contributed by atoms with Crippen LogP contribution in [0.4, 0.5) is 0 Å².